The molecule has 0 saturated carbocycles. The van der Waals surface area contributed by atoms with Crippen LogP contribution in [0.25, 0.3) is 11.2 Å². The van der Waals surface area contributed by atoms with Crippen LogP contribution in [-0.4, -0.2) is 57.3 Å². The average Bonchev–Trinajstić information content (AvgIpc) is 3.22. The van der Waals surface area contributed by atoms with Gasteiger partial charge >= 0.3 is 0 Å². The Morgan fingerprint density at radius 2 is 2.32 bits per heavy atom. The molecule has 1 aliphatic rings. The standard InChI is InChI=1S/C16H21N5O3S/c1-10(6-23-2)16(22)20-14-13-15(18-8-17-14)21(9-19-13)12-5-4-11(24-12)7-25-3/h8-9,11-12H,1,4-7H2,2-3H3,(H,17,18,20,22). The number of carbonyl (C=O) groups excluding carboxylic acids is 1. The number of fused-ring (bicyclic) bond motifs is 1. The van der Waals surface area contributed by atoms with Crippen LogP contribution in [0, 0.1) is 0 Å². The lowest BCUT2D eigenvalue weighted by atomic mass is 10.2. The van der Waals surface area contributed by atoms with Crippen molar-refractivity contribution in [3.8, 4) is 0 Å². The summed E-state index contributed by atoms with van der Waals surface area (Å²) in [5.41, 5.74) is 1.48. The zero-order chi connectivity index (χ0) is 17.8. The second kappa shape index (κ2) is 7.94. The number of aromatic nitrogens is 4. The van der Waals surface area contributed by atoms with E-state index in [-0.39, 0.29) is 24.8 Å². The van der Waals surface area contributed by atoms with E-state index in [1.165, 1.54) is 13.4 Å². The summed E-state index contributed by atoms with van der Waals surface area (Å²) in [6.45, 7) is 3.84. The number of anilines is 1. The van der Waals surface area contributed by atoms with Crippen LogP contribution < -0.4 is 5.32 Å². The summed E-state index contributed by atoms with van der Waals surface area (Å²) in [4.78, 5) is 24.9. The largest absolute Gasteiger partial charge is 0.380 e. The summed E-state index contributed by atoms with van der Waals surface area (Å²) in [5, 5.41) is 2.71. The minimum atomic E-state index is -0.353. The zero-order valence-electron chi connectivity index (χ0n) is 14.3. The quantitative estimate of drug-likeness (QED) is 0.752. The summed E-state index contributed by atoms with van der Waals surface area (Å²) in [7, 11) is 1.51. The van der Waals surface area contributed by atoms with Crippen molar-refractivity contribution in [2.45, 2.75) is 25.2 Å². The molecular weight excluding hydrogens is 342 g/mol. The maximum absolute atomic E-state index is 12.1. The zero-order valence-corrected chi connectivity index (χ0v) is 15.1. The lowest BCUT2D eigenvalue weighted by Crippen LogP contribution is -2.18. The fourth-order valence-electron chi connectivity index (χ4n) is 2.79. The first-order chi connectivity index (χ1) is 12.1. The molecule has 1 aliphatic heterocycles. The van der Waals surface area contributed by atoms with E-state index in [0.29, 0.717) is 22.6 Å². The number of thioether (sulfide) groups is 1. The number of nitrogens with one attached hydrogen (secondary N) is 1. The van der Waals surface area contributed by atoms with Gasteiger partial charge in [0.2, 0.25) is 0 Å². The molecule has 0 bridgehead atoms. The van der Waals surface area contributed by atoms with Crippen molar-refractivity contribution in [1.82, 2.24) is 19.5 Å². The predicted molar refractivity (Wildman–Crippen MR) is 96.5 cm³/mol. The highest BCUT2D eigenvalue weighted by molar-refractivity contribution is 7.98. The first kappa shape index (κ1) is 17.8. The Kier molecular flexibility index (Phi) is 5.67. The van der Waals surface area contributed by atoms with Crippen LogP contribution in [0.3, 0.4) is 0 Å². The highest BCUT2D eigenvalue weighted by atomic mass is 32.2. The van der Waals surface area contributed by atoms with Crippen molar-refractivity contribution in [2.75, 3.05) is 31.0 Å². The summed E-state index contributed by atoms with van der Waals surface area (Å²) in [5.74, 6) is 0.972. The van der Waals surface area contributed by atoms with Crippen LogP contribution >= 0.6 is 11.8 Å². The smallest absolute Gasteiger partial charge is 0.254 e. The van der Waals surface area contributed by atoms with Gasteiger partial charge in [-0.1, -0.05) is 6.58 Å². The maximum Gasteiger partial charge on any atom is 0.254 e. The van der Waals surface area contributed by atoms with Crippen molar-refractivity contribution in [2.24, 2.45) is 0 Å². The molecule has 0 radical (unpaired) electrons. The van der Waals surface area contributed by atoms with E-state index in [1.54, 1.807) is 18.1 Å². The van der Waals surface area contributed by atoms with Gasteiger partial charge in [0.15, 0.2) is 17.0 Å². The van der Waals surface area contributed by atoms with Crippen molar-refractivity contribution < 1.29 is 14.3 Å². The highest BCUT2D eigenvalue weighted by Gasteiger charge is 2.28. The van der Waals surface area contributed by atoms with E-state index in [0.717, 1.165) is 18.6 Å². The Morgan fingerprint density at radius 3 is 3.08 bits per heavy atom. The number of imidazole rings is 1. The van der Waals surface area contributed by atoms with Gasteiger partial charge in [0.25, 0.3) is 5.91 Å². The average molecular weight is 363 g/mol. The van der Waals surface area contributed by atoms with Crippen LogP contribution in [0.15, 0.2) is 24.8 Å². The third-order valence-corrected chi connectivity index (χ3v) is 4.68. The first-order valence-electron chi connectivity index (χ1n) is 7.94. The van der Waals surface area contributed by atoms with Gasteiger partial charge in [-0.05, 0) is 19.1 Å². The van der Waals surface area contributed by atoms with Gasteiger partial charge in [-0.3, -0.25) is 9.36 Å². The molecule has 3 heterocycles. The lowest BCUT2D eigenvalue weighted by molar-refractivity contribution is -0.113. The van der Waals surface area contributed by atoms with Gasteiger partial charge in [0, 0.05) is 18.4 Å². The Labute approximate surface area is 150 Å². The minimum absolute atomic E-state index is 0.0935. The van der Waals surface area contributed by atoms with E-state index in [9.17, 15) is 4.79 Å². The lowest BCUT2D eigenvalue weighted by Gasteiger charge is -2.14. The number of hydrogen-bond donors (Lipinski definition) is 1. The number of carbonyl (C=O) groups is 1. The van der Waals surface area contributed by atoms with Crippen molar-refractivity contribution >= 4 is 34.7 Å². The van der Waals surface area contributed by atoms with Crippen LogP contribution in [0.4, 0.5) is 5.82 Å². The fourth-order valence-corrected chi connectivity index (χ4v) is 3.41. The Balaban J connectivity index is 1.81. The van der Waals surface area contributed by atoms with Crippen LogP contribution in [0.1, 0.15) is 19.1 Å². The number of nitrogens with zero attached hydrogens (tertiary/aromatic N) is 4. The third-order valence-electron chi connectivity index (χ3n) is 3.98. The molecule has 2 aromatic heterocycles. The summed E-state index contributed by atoms with van der Waals surface area (Å²) >= 11 is 1.78. The molecule has 134 valence electrons. The molecule has 3 rings (SSSR count). The molecule has 8 nitrogen and oxygen atoms in total. The molecule has 0 aromatic carbocycles. The molecule has 1 N–H and O–H groups in total. The number of methoxy groups -OCH3 is 1. The minimum Gasteiger partial charge on any atom is -0.380 e. The van der Waals surface area contributed by atoms with Crippen molar-refractivity contribution in [1.29, 1.82) is 0 Å². The van der Waals surface area contributed by atoms with Gasteiger partial charge < -0.3 is 14.8 Å². The van der Waals surface area contributed by atoms with E-state index >= 15 is 0 Å². The Hall–Kier alpha value is -1.97. The molecule has 1 fully saturated rings. The Bertz CT molecular complexity index is 778. The predicted octanol–water partition coefficient (Wildman–Crippen LogP) is 2.01. The number of rotatable bonds is 7. The van der Waals surface area contributed by atoms with Crippen molar-refractivity contribution in [3.05, 3.63) is 24.8 Å². The SMILES string of the molecule is C=C(COC)C(=O)Nc1ncnc2c1ncn2C1CCC(CSC)O1. The van der Waals surface area contributed by atoms with E-state index < -0.39 is 0 Å². The molecule has 25 heavy (non-hydrogen) atoms. The van der Waals surface area contributed by atoms with Gasteiger partial charge in [-0.25, -0.2) is 15.0 Å². The molecule has 2 atom stereocenters. The maximum atomic E-state index is 12.1. The number of amides is 1. The van der Waals surface area contributed by atoms with Gasteiger partial charge in [0.05, 0.1) is 19.0 Å². The number of hydrogen-bond acceptors (Lipinski definition) is 7. The molecule has 0 aliphatic carbocycles. The topological polar surface area (TPSA) is 91.2 Å². The summed E-state index contributed by atoms with van der Waals surface area (Å²) in [6.07, 6.45) is 7.24. The van der Waals surface area contributed by atoms with Crippen LogP contribution in [0.2, 0.25) is 0 Å². The van der Waals surface area contributed by atoms with Crippen LogP contribution in [-0.2, 0) is 14.3 Å². The van der Waals surface area contributed by atoms with Gasteiger partial charge in [-0.2, -0.15) is 11.8 Å². The summed E-state index contributed by atoms with van der Waals surface area (Å²) in [6, 6.07) is 0. The van der Waals surface area contributed by atoms with Gasteiger partial charge in [0.1, 0.15) is 12.6 Å². The van der Waals surface area contributed by atoms with Crippen molar-refractivity contribution in [3.63, 3.8) is 0 Å². The fraction of sp³-hybridized carbons (Fsp3) is 0.500. The second-order valence-electron chi connectivity index (χ2n) is 5.78. The molecular formula is C16H21N5O3S. The molecule has 1 amide bonds. The molecule has 1 saturated heterocycles. The van der Waals surface area contributed by atoms with E-state index in [2.05, 4.69) is 33.1 Å². The third kappa shape index (κ3) is 3.83. The first-order valence-corrected chi connectivity index (χ1v) is 9.33. The highest BCUT2D eigenvalue weighted by Crippen LogP contribution is 2.32. The summed E-state index contributed by atoms with van der Waals surface area (Å²) < 4.78 is 12.9. The second-order valence-corrected chi connectivity index (χ2v) is 6.69. The van der Waals surface area contributed by atoms with Crippen LogP contribution in [0.5, 0.6) is 0 Å². The molecule has 2 aromatic rings. The van der Waals surface area contributed by atoms with E-state index in [4.69, 9.17) is 9.47 Å². The van der Waals surface area contributed by atoms with E-state index in [1.807, 2.05) is 4.57 Å². The Morgan fingerprint density at radius 1 is 1.48 bits per heavy atom. The molecule has 2 unspecified atom stereocenters. The monoisotopic (exact) mass is 363 g/mol. The molecule has 9 heteroatoms. The normalized spacial score (nSPS) is 20.1. The molecule has 0 spiro atoms. The van der Waals surface area contributed by atoms with Gasteiger partial charge in [-0.15, -0.1) is 0 Å². The number of ether oxygens (including phenoxy) is 2.